The number of methoxy groups -OCH3 is 1. The number of alkyl halides is 1. The Balaban J connectivity index is 1.77. The Morgan fingerprint density at radius 1 is 1.13 bits per heavy atom. The van der Waals surface area contributed by atoms with Crippen LogP contribution in [0.2, 0.25) is 5.02 Å². The van der Waals surface area contributed by atoms with E-state index >= 15 is 0 Å². The monoisotopic (exact) mass is 425 g/mol. The number of benzene rings is 2. The van der Waals surface area contributed by atoms with Crippen molar-refractivity contribution in [1.29, 1.82) is 0 Å². The summed E-state index contributed by atoms with van der Waals surface area (Å²) in [6.07, 6.45) is 0.190. The van der Waals surface area contributed by atoms with E-state index in [0.29, 0.717) is 28.7 Å². The fourth-order valence-electron chi connectivity index (χ4n) is 3.89. The molecule has 0 unspecified atom stereocenters. The predicted octanol–water partition coefficient (Wildman–Crippen LogP) is 4.72. The highest BCUT2D eigenvalue weighted by Crippen LogP contribution is 2.49. The minimum absolute atomic E-state index is 0.175. The molecule has 1 heterocycles. The van der Waals surface area contributed by atoms with Crippen molar-refractivity contribution in [2.45, 2.75) is 37.3 Å². The molecule has 4 rings (SSSR count). The molecule has 1 aromatic heterocycles. The summed E-state index contributed by atoms with van der Waals surface area (Å²) in [5.41, 5.74) is 2.39. The summed E-state index contributed by atoms with van der Waals surface area (Å²) >= 11 is 6.03. The van der Waals surface area contributed by atoms with Crippen molar-refractivity contribution in [1.82, 2.24) is 15.2 Å². The summed E-state index contributed by atoms with van der Waals surface area (Å²) < 4.78 is 18.8. The molecule has 0 radical (unpaired) electrons. The molecule has 0 aliphatic heterocycles. The number of carbonyl (C=O) groups is 1. The van der Waals surface area contributed by atoms with Crippen molar-refractivity contribution in [3.63, 3.8) is 0 Å². The zero-order valence-corrected chi connectivity index (χ0v) is 17.3. The van der Waals surface area contributed by atoms with Gasteiger partial charge in [0.1, 0.15) is 11.9 Å². The highest BCUT2D eigenvalue weighted by molar-refractivity contribution is 6.30. The fourth-order valence-corrected chi connectivity index (χ4v) is 4.02. The molecule has 0 amide bonds. The summed E-state index contributed by atoms with van der Waals surface area (Å²) in [5.74, 6) is 0.146. The first kappa shape index (κ1) is 20.4. The van der Waals surface area contributed by atoms with Crippen molar-refractivity contribution in [3.05, 3.63) is 76.7 Å². The summed E-state index contributed by atoms with van der Waals surface area (Å²) in [7, 11) is 1.36. The Kier molecular flexibility index (Phi) is 5.77. The van der Waals surface area contributed by atoms with E-state index in [4.69, 9.17) is 21.3 Å². The SMILES string of the molecule is COC(=O)CCc1nc([C@]2(c3ccc(Cl)cc3)C[C@@H](F)C2)nnc1-c1ccccc1. The van der Waals surface area contributed by atoms with Crippen LogP contribution >= 0.6 is 11.6 Å². The van der Waals surface area contributed by atoms with Crippen molar-refractivity contribution < 1.29 is 13.9 Å². The Morgan fingerprint density at radius 3 is 2.47 bits per heavy atom. The highest BCUT2D eigenvalue weighted by atomic mass is 35.5. The van der Waals surface area contributed by atoms with E-state index < -0.39 is 11.6 Å². The van der Waals surface area contributed by atoms with Crippen molar-refractivity contribution in [3.8, 4) is 11.3 Å². The largest absolute Gasteiger partial charge is 0.469 e. The van der Waals surface area contributed by atoms with Crippen LogP contribution in [0.5, 0.6) is 0 Å². The number of ether oxygens (including phenoxy) is 1. The minimum atomic E-state index is -0.920. The van der Waals surface area contributed by atoms with Gasteiger partial charge in [0.15, 0.2) is 5.82 Å². The first-order valence-corrected chi connectivity index (χ1v) is 10.2. The number of halogens is 2. The first-order chi connectivity index (χ1) is 14.5. The summed E-state index contributed by atoms with van der Waals surface area (Å²) in [6, 6.07) is 16.9. The minimum Gasteiger partial charge on any atom is -0.469 e. The molecule has 5 nitrogen and oxygen atoms in total. The van der Waals surface area contributed by atoms with Gasteiger partial charge >= 0.3 is 5.97 Å². The van der Waals surface area contributed by atoms with Crippen LogP contribution in [0.25, 0.3) is 11.3 Å². The van der Waals surface area contributed by atoms with Crippen LogP contribution in [0.1, 0.15) is 36.3 Å². The van der Waals surface area contributed by atoms with E-state index in [9.17, 15) is 9.18 Å². The van der Waals surface area contributed by atoms with Crippen LogP contribution in [0.15, 0.2) is 54.6 Å². The molecule has 1 aliphatic rings. The smallest absolute Gasteiger partial charge is 0.305 e. The summed E-state index contributed by atoms with van der Waals surface area (Å²) in [5, 5.41) is 9.48. The quantitative estimate of drug-likeness (QED) is 0.535. The van der Waals surface area contributed by atoms with Crippen LogP contribution in [0, 0.1) is 0 Å². The number of hydrogen-bond acceptors (Lipinski definition) is 5. The van der Waals surface area contributed by atoms with Crippen LogP contribution in [0.4, 0.5) is 4.39 Å². The van der Waals surface area contributed by atoms with Crippen molar-refractivity contribution in [2.75, 3.05) is 7.11 Å². The molecule has 154 valence electrons. The maximum atomic E-state index is 14.0. The molecule has 1 fully saturated rings. The Bertz CT molecular complexity index is 1040. The van der Waals surface area contributed by atoms with Gasteiger partial charge in [-0.1, -0.05) is 54.1 Å². The second-order valence-corrected chi connectivity index (χ2v) is 7.90. The lowest BCUT2D eigenvalue weighted by Gasteiger charge is -2.43. The molecular weight excluding hydrogens is 405 g/mol. The van der Waals surface area contributed by atoms with E-state index in [1.54, 1.807) is 12.1 Å². The zero-order chi connectivity index (χ0) is 21.1. The number of aryl methyl sites for hydroxylation is 1. The molecule has 3 aromatic rings. The van der Waals surface area contributed by atoms with Gasteiger partial charge < -0.3 is 4.74 Å². The molecular formula is C23H21ClFN3O2. The predicted molar refractivity (Wildman–Crippen MR) is 112 cm³/mol. The van der Waals surface area contributed by atoms with Gasteiger partial charge in [-0.15, -0.1) is 10.2 Å². The average Bonchev–Trinajstić information content (AvgIpc) is 2.76. The molecule has 0 atom stereocenters. The Morgan fingerprint density at radius 2 is 1.83 bits per heavy atom. The van der Waals surface area contributed by atoms with Gasteiger partial charge in [-0.2, -0.15) is 0 Å². The number of hydrogen-bond donors (Lipinski definition) is 0. The van der Waals surface area contributed by atoms with Crippen LogP contribution in [0.3, 0.4) is 0 Å². The lowest BCUT2D eigenvalue weighted by molar-refractivity contribution is -0.140. The molecule has 0 saturated heterocycles. The van der Waals surface area contributed by atoms with Gasteiger partial charge in [0.25, 0.3) is 0 Å². The fraction of sp³-hybridized carbons (Fsp3) is 0.304. The van der Waals surface area contributed by atoms with E-state index in [1.165, 1.54) is 7.11 Å². The summed E-state index contributed by atoms with van der Waals surface area (Å²) in [4.78, 5) is 16.5. The molecule has 0 bridgehead atoms. The average molecular weight is 426 g/mol. The zero-order valence-electron chi connectivity index (χ0n) is 16.5. The molecule has 0 N–H and O–H groups in total. The normalized spacial score (nSPS) is 20.4. The van der Waals surface area contributed by atoms with Crippen molar-refractivity contribution in [2.24, 2.45) is 0 Å². The van der Waals surface area contributed by atoms with Gasteiger partial charge in [-0.05, 0) is 30.5 Å². The van der Waals surface area contributed by atoms with Crippen molar-refractivity contribution >= 4 is 17.6 Å². The number of nitrogens with zero attached hydrogens (tertiary/aromatic N) is 3. The van der Waals surface area contributed by atoms with Gasteiger partial charge in [0, 0.05) is 17.0 Å². The van der Waals surface area contributed by atoms with E-state index in [2.05, 4.69) is 10.2 Å². The maximum absolute atomic E-state index is 14.0. The Labute approximate surface area is 179 Å². The first-order valence-electron chi connectivity index (χ1n) is 9.78. The maximum Gasteiger partial charge on any atom is 0.305 e. The third kappa shape index (κ3) is 3.92. The molecule has 0 spiro atoms. The van der Waals surface area contributed by atoms with Gasteiger partial charge in [-0.3, -0.25) is 4.79 Å². The van der Waals surface area contributed by atoms with E-state index in [-0.39, 0.29) is 25.2 Å². The van der Waals surface area contributed by atoms with Gasteiger partial charge in [0.2, 0.25) is 0 Å². The number of carbonyl (C=O) groups excluding carboxylic acids is 1. The second kappa shape index (κ2) is 8.48. The Hall–Kier alpha value is -2.86. The van der Waals surface area contributed by atoms with Gasteiger partial charge in [-0.25, -0.2) is 9.37 Å². The molecule has 1 saturated carbocycles. The second-order valence-electron chi connectivity index (χ2n) is 7.47. The number of esters is 1. The standard InChI is InChI=1S/C23H21ClFN3O2/c1-30-20(29)12-11-19-21(15-5-3-2-4-6-15)27-28-22(26-19)23(13-18(25)14-23)16-7-9-17(24)10-8-16/h2-10,18H,11-14H2,1H3/t18-,23-. The summed E-state index contributed by atoms with van der Waals surface area (Å²) in [6.45, 7) is 0. The van der Waals surface area contributed by atoms with Crippen LogP contribution < -0.4 is 0 Å². The highest BCUT2D eigenvalue weighted by Gasteiger charge is 2.50. The van der Waals surface area contributed by atoms with Crippen LogP contribution in [-0.2, 0) is 21.4 Å². The third-order valence-electron chi connectivity index (χ3n) is 5.56. The van der Waals surface area contributed by atoms with Crippen LogP contribution in [-0.4, -0.2) is 34.4 Å². The van der Waals surface area contributed by atoms with E-state index in [0.717, 1.165) is 11.1 Å². The number of aromatic nitrogens is 3. The molecule has 1 aliphatic carbocycles. The lowest BCUT2D eigenvalue weighted by Crippen LogP contribution is -2.45. The molecule has 2 aromatic carbocycles. The topological polar surface area (TPSA) is 65.0 Å². The van der Waals surface area contributed by atoms with E-state index in [1.807, 2.05) is 42.5 Å². The molecule has 7 heteroatoms. The lowest BCUT2D eigenvalue weighted by atomic mass is 9.62. The van der Waals surface area contributed by atoms with Gasteiger partial charge in [0.05, 0.1) is 24.6 Å². The third-order valence-corrected chi connectivity index (χ3v) is 5.82. The molecule has 30 heavy (non-hydrogen) atoms. The number of rotatable bonds is 6.